The summed E-state index contributed by atoms with van der Waals surface area (Å²) in [5.74, 6) is 0.920. The average Bonchev–Trinajstić information content (AvgIpc) is 3.40. The minimum Gasteiger partial charge on any atom is -0.474 e. The summed E-state index contributed by atoms with van der Waals surface area (Å²) in [6.45, 7) is 0.364. The molecule has 0 aliphatic heterocycles. The largest absolute Gasteiger partial charge is 0.474 e. The van der Waals surface area contributed by atoms with Gasteiger partial charge in [-0.1, -0.05) is 41.6 Å². The summed E-state index contributed by atoms with van der Waals surface area (Å²) >= 11 is 0. The van der Waals surface area contributed by atoms with Crippen molar-refractivity contribution in [2.24, 2.45) is 0 Å². The molecular weight excluding hydrogens is 342 g/mol. The lowest BCUT2D eigenvalue weighted by Gasteiger charge is -2.12. The molecule has 2 aromatic heterocycles. The molecule has 0 bridgehead atoms. The summed E-state index contributed by atoms with van der Waals surface area (Å²) in [6, 6.07) is 15.0. The molecule has 0 saturated heterocycles. The molecule has 1 amide bonds. The van der Waals surface area contributed by atoms with E-state index in [1.54, 1.807) is 12.3 Å². The second-order valence-corrected chi connectivity index (χ2v) is 6.65. The highest BCUT2D eigenvalue weighted by atomic mass is 16.5. The molecule has 0 spiro atoms. The summed E-state index contributed by atoms with van der Waals surface area (Å²) in [7, 11) is 0. The number of aromatic nitrogens is 2. The van der Waals surface area contributed by atoms with Gasteiger partial charge in [0.1, 0.15) is 6.10 Å². The van der Waals surface area contributed by atoms with Gasteiger partial charge < -0.3 is 14.6 Å². The van der Waals surface area contributed by atoms with E-state index in [2.05, 4.69) is 15.5 Å². The van der Waals surface area contributed by atoms with Crippen molar-refractivity contribution < 1.29 is 14.1 Å². The van der Waals surface area contributed by atoms with Gasteiger partial charge in [-0.15, -0.1) is 0 Å². The number of ether oxygens (including phenoxy) is 1. The van der Waals surface area contributed by atoms with Gasteiger partial charge in [0.15, 0.2) is 11.5 Å². The molecule has 27 heavy (non-hydrogen) atoms. The van der Waals surface area contributed by atoms with Crippen molar-refractivity contribution in [3.63, 3.8) is 0 Å². The Balaban J connectivity index is 1.32. The first-order valence-corrected chi connectivity index (χ1v) is 9.20. The number of hydrogen-bond acceptors (Lipinski definition) is 5. The third-order valence-corrected chi connectivity index (χ3v) is 4.64. The first kappa shape index (κ1) is 17.3. The molecule has 0 unspecified atom stereocenters. The van der Waals surface area contributed by atoms with Crippen LogP contribution in [-0.2, 0) is 6.54 Å². The monoisotopic (exact) mass is 363 g/mol. The Kier molecular flexibility index (Phi) is 5.14. The molecule has 3 aromatic rings. The number of hydrogen-bond donors (Lipinski definition) is 1. The number of carbonyl (C=O) groups is 1. The Morgan fingerprint density at radius 1 is 1.15 bits per heavy atom. The fraction of sp³-hybridized carbons (Fsp3) is 0.286. The first-order valence-electron chi connectivity index (χ1n) is 9.20. The van der Waals surface area contributed by atoms with E-state index in [4.69, 9.17) is 9.26 Å². The highest BCUT2D eigenvalue weighted by molar-refractivity contribution is 5.93. The molecule has 138 valence electrons. The van der Waals surface area contributed by atoms with Crippen LogP contribution in [0.1, 0.15) is 41.7 Å². The van der Waals surface area contributed by atoms with Crippen molar-refractivity contribution in [3.05, 3.63) is 66.0 Å². The molecule has 0 atom stereocenters. The van der Waals surface area contributed by atoms with Crippen molar-refractivity contribution in [1.29, 1.82) is 0 Å². The van der Waals surface area contributed by atoms with Gasteiger partial charge in [-0.3, -0.25) is 4.79 Å². The average molecular weight is 363 g/mol. The fourth-order valence-electron chi connectivity index (χ4n) is 3.16. The minimum atomic E-state index is -0.285. The van der Waals surface area contributed by atoms with E-state index in [1.165, 1.54) is 12.8 Å². The van der Waals surface area contributed by atoms with Gasteiger partial charge in [0.2, 0.25) is 5.88 Å². The second-order valence-electron chi connectivity index (χ2n) is 6.65. The zero-order valence-corrected chi connectivity index (χ0v) is 14.9. The number of carbonyl (C=O) groups excluding carboxylic acids is 1. The van der Waals surface area contributed by atoms with Gasteiger partial charge in [-0.05, 0) is 31.2 Å². The summed E-state index contributed by atoms with van der Waals surface area (Å²) in [5.41, 5.74) is 2.03. The van der Waals surface area contributed by atoms with Gasteiger partial charge in [-0.25, -0.2) is 4.98 Å². The first-order chi connectivity index (χ1) is 13.3. The van der Waals surface area contributed by atoms with Crippen molar-refractivity contribution in [1.82, 2.24) is 15.5 Å². The topological polar surface area (TPSA) is 77.2 Å². The van der Waals surface area contributed by atoms with Crippen LogP contribution in [0.15, 0.2) is 59.3 Å². The van der Waals surface area contributed by atoms with E-state index in [0.717, 1.165) is 24.0 Å². The Labute approximate surface area is 157 Å². The van der Waals surface area contributed by atoms with Crippen LogP contribution in [0, 0.1) is 0 Å². The lowest BCUT2D eigenvalue weighted by atomic mass is 10.1. The van der Waals surface area contributed by atoms with E-state index in [-0.39, 0.29) is 17.7 Å². The predicted octanol–water partition coefficient (Wildman–Crippen LogP) is 3.99. The Hall–Kier alpha value is -3.15. The third-order valence-electron chi connectivity index (χ3n) is 4.64. The zero-order valence-electron chi connectivity index (χ0n) is 14.9. The molecule has 6 heteroatoms. The molecule has 1 aliphatic carbocycles. The van der Waals surface area contributed by atoms with Gasteiger partial charge in [-0.2, -0.15) is 0 Å². The van der Waals surface area contributed by atoms with Crippen LogP contribution >= 0.6 is 0 Å². The molecule has 0 radical (unpaired) electrons. The minimum absolute atomic E-state index is 0.253. The predicted molar refractivity (Wildman–Crippen MR) is 100 cm³/mol. The number of rotatable bonds is 6. The summed E-state index contributed by atoms with van der Waals surface area (Å²) in [6.07, 6.45) is 6.66. The number of nitrogens with zero attached hydrogens (tertiary/aromatic N) is 2. The molecule has 1 aromatic carbocycles. The van der Waals surface area contributed by atoms with E-state index in [0.29, 0.717) is 18.2 Å². The highest BCUT2D eigenvalue weighted by Crippen LogP contribution is 2.23. The lowest BCUT2D eigenvalue weighted by molar-refractivity contribution is 0.0942. The second kappa shape index (κ2) is 8.03. The van der Waals surface area contributed by atoms with Crippen LogP contribution in [0.25, 0.3) is 11.3 Å². The van der Waals surface area contributed by atoms with Crippen molar-refractivity contribution in [3.8, 4) is 17.2 Å². The lowest BCUT2D eigenvalue weighted by Crippen LogP contribution is -2.23. The SMILES string of the molecule is O=C(NCc1ccc(OC2CCCC2)nc1)c1cc(-c2ccccc2)on1. The standard InChI is InChI=1S/C21H21N3O3/c25-21(18-12-19(27-24-18)16-6-2-1-3-7-16)23-14-15-10-11-20(22-13-15)26-17-8-4-5-9-17/h1-3,6-7,10-13,17H,4-5,8-9,14H2,(H,23,25). The van der Waals surface area contributed by atoms with Crippen LogP contribution in [0.3, 0.4) is 0 Å². The molecule has 1 N–H and O–H groups in total. The zero-order chi connectivity index (χ0) is 18.5. The summed E-state index contributed by atoms with van der Waals surface area (Å²) < 4.78 is 11.1. The molecule has 2 heterocycles. The van der Waals surface area contributed by atoms with E-state index in [9.17, 15) is 4.79 Å². The van der Waals surface area contributed by atoms with Crippen LogP contribution in [0.4, 0.5) is 0 Å². The Bertz CT molecular complexity index is 885. The molecular formula is C21H21N3O3. The maximum absolute atomic E-state index is 12.3. The van der Waals surface area contributed by atoms with E-state index < -0.39 is 0 Å². The van der Waals surface area contributed by atoms with Crippen LogP contribution < -0.4 is 10.1 Å². The molecule has 4 rings (SSSR count). The maximum atomic E-state index is 12.3. The van der Waals surface area contributed by atoms with Crippen molar-refractivity contribution in [2.45, 2.75) is 38.3 Å². The number of nitrogens with one attached hydrogen (secondary N) is 1. The molecule has 6 nitrogen and oxygen atoms in total. The van der Waals surface area contributed by atoms with E-state index in [1.807, 2.05) is 42.5 Å². The smallest absolute Gasteiger partial charge is 0.273 e. The molecule has 1 saturated carbocycles. The van der Waals surface area contributed by atoms with Gasteiger partial charge in [0, 0.05) is 30.4 Å². The quantitative estimate of drug-likeness (QED) is 0.716. The van der Waals surface area contributed by atoms with Crippen molar-refractivity contribution >= 4 is 5.91 Å². The number of pyridine rings is 1. The fourth-order valence-corrected chi connectivity index (χ4v) is 3.16. The van der Waals surface area contributed by atoms with Gasteiger partial charge in [0.05, 0.1) is 0 Å². The molecule has 1 fully saturated rings. The van der Waals surface area contributed by atoms with Gasteiger partial charge >= 0.3 is 0 Å². The number of amides is 1. The Morgan fingerprint density at radius 3 is 2.70 bits per heavy atom. The van der Waals surface area contributed by atoms with Gasteiger partial charge in [0.25, 0.3) is 5.91 Å². The van der Waals surface area contributed by atoms with Crippen LogP contribution in [-0.4, -0.2) is 22.2 Å². The third kappa shape index (κ3) is 4.34. The summed E-state index contributed by atoms with van der Waals surface area (Å²) in [4.78, 5) is 16.6. The Morgan fingerprint density at radius 2 is 1.96 bits per heavy atom. The number of benzene rings is 1. The summed E-state index contributed by atoms with van der Waals surface area (Å²) in [5, 5.41) is 6.68. The van der Waals surface area contributed by atoms with Crippen LogP contribution in [0.5, 0.6) is 5.88 Å². The maximum Gasteiger partial charge on any atom is 0.273 e. The van der Waals surface area contributed by atoms with Crippen LogP contribution in [0.2, 0.25) is 0 Å². The normalized spacial score (nSPS) is 14.2. The molecule has 1 aliphatic rings. The highest BCUT2D eigenvalue weighted by Gasteiger charge is 2.17. The van der Waals surface area contributed by atoms with Crippen molar-refractivity contribution in [2.75, 3.05) is 0 Å². The van der Waals surface area contributed by atoms with E-state index >= 15 is 0 Å².